The molecule has 2 rings (SSSR count). The van der Waals surface area contributed by atoms with Gasteiger partial charge in [-0.3, -0.25) is 4.79 Å². The first-order valence-corrected chi connectivity index (χ1v) is 7.34. The first-order valence-electron chi connectivity index (χ1n) is 6.17. The van der Waals surface area contributed by atoms with Crippen LogP contribution in [0, 0.1) is 5.82 Å². The molecular formula is C14H12BrClFN3O. The van der Waals surface area contributed by atoms with Crippen LogP contribution in [0.4, 0.5) is 15.9 Å². The molecular weight excluding hydrogens is 361 g/mol. The smallest absolute Gasteiger partial charge is 0.257 e. The second-order valence-electron chi connectivity index (χ2n) is 4.16. The molecule has 0 atom stereocenters. The Morgan fingerprint density at radius 2 is 2.19 bits per heavy atom. The maximum absolute atomic E-state index is 13.4. The predicted octanol–water partition coefficient (Wildman–Crippen LogP) is 4.32. The number of pyridine rings is 1. The summed E-state index contributed by atoms with van der Waals surface area (Å²) in [6.45, 7) is 2.59. The molecule has 2 aromatic rings. The molecule has 7 heteroatoms. The van der Waals surface area contributed by atoms with Gasteiger partial charge in [0.25, 0.3) is 5.91 Å². The van der Waals surface area contributed by atoms with E-state index in [-0.39, 0.29) is 10.6 Å². The Labute approximate surface area is 134 Å². The first-order chi connectivity index (χ1) is 10.0. The van der Waals surface area contributed by atoms with Gasteiger partial charge < -0.3 is 10.6 Å². The number of rotatable bonds is 4. The average molecular weight is 373 g/mol. The van der Waals surface area contributed by atoms with Crippen molar-refractivity contribution in [1.82, 2.24) is 4.98 Å². The van der Waals surface area contributed by atoms with E-state index in [4.69, 9.17) is 11.6 Å². The van der Waals surface area contributed by atoms with Crippen LogP contribution in [-0.4, -0.2) is 17.4 Å². The zero-order valence-corrected chi connectivity index (χ0v) is 13.4. The molecule has 0 bridgehead atoms. The molecule has 2 N–H and O–H groups in total. The van der Waals surface area contributed by atoms with Crippen molar-refractivity contribution in [3.8, 4) is 0 Å². The van der Waals surface area contributed by atoms with Crippen molar-refractivity contribution in [2.24, 2.45) is 0 Å². The quantitative estimate of drug-likeness (QED) is 0.840. The van der Waals surface area contributed by atoms with Gasteiger partial charge in [0, 0.05) is 18.4 Å². The van der Waals surface area contributed by atoms with Gasteiger partial charge in [0.15, 0.2) is 0 Å². The second kappa shape index (κ2) is 6.87. The van der Waals surface area contributed by atoms with Gasteiger partial charge in [0.05, 0.1) is 15.1 Å². The molecule has 0 fully saturated rings. The van der Waals surface area contributed by atoms with Crippen molar-refractivity contribution >= 4 is 44.9 Å². The van der Waals surface area contributed by atoms with E-state index in [2.05, 4.69) is 31.5 Å². The van der Waals surface area contributed by atoms with Crippen molar-refractivity contribution in [3.05, 3.63) is 51.3 Å². The molecule has 0 aliphatic carbocycles. The molecule has 0 aliphatic heterocycles. The highest BCUT2D eigenvalue weighted by Gasteiger charge is 2.13. The van der Waals surface area contributed by atoms with E-state index in [1.165, 1.54) is 18.3 Å². The van der Waals surface area contributed by atoms with E-state index in [9.17, 15) is 9.18 Å². The number of anilines is 2. The van der Waals surface area contributed by atoms with Crippen molar-refractivity contribution in [2.75, 3.05) is 17.2 Å². The largest absolute Gasteiger partial charge is 0.370 e. The van der Waals surface area contributed by atoms with Crippen LogP contribution >= 0.6 is 27.5 Å². The maximum atomic E-state index is 13.4. The lowest BCUT2D eigenvalue weighted by Gasteiger charge is -2.09. The third-order valence-electron chi connectivity index (χ3n) is 2.64. The highest BCUT2D eigenvalue weighted by Crippen LogP contribution is 2.22. The van der Waals surface area contributed by atoms with Gasteiger partial charge in [-0.1, -0.05) is 11.6 Å². The fraction of sp³-hybridized carbons (Fsp3) is 0.143. The summed E-state index contributed by atoms with van der Waals surface area (Å²) < 4.78 is 13.8. The van der Waals surface area contributed by atoms with Gasteiger partial charge >= 0.3 is 0 Å². The molecule has 1 aromatic carbocycles. The standard InChI is InChI=1S/C14H12BrClFN3O/c1-2-18-13-6-9(11(16)7-19-13)14(21)20-8-3-4-10(15)12(17)5-8/h3-7H,2H2,1H3,(H,18,19)(H,20,21). The normalized spacial score (nSPS) is 10.3. The van der Waals surface area contributed by atoms with E-state index in [1.54, 1.807) is 12.1 Å². The molecule has 1 amide bonds. The summed E-state index contributed by atoms with van der Waals surface area (Å²) in [4.78, 5) is 16.3. The number of nitrogens with one attached hydrogen (secondary N) is 2. The summed E-state index contributed by atoms with van der Waals surface area (Å²) in [5.41, 5.74) is 0.615. The molecule has 1 aromatic heterocycles. The lowest BCUT2D eigenvalue weighted by Crippen LogP contribution is -2.13. The van der Waals surface area contributed by atoms with Crippen LogP contribution in [0.25, 0.3) is 0 Å². The summed E-state index contributed by atoms with van der Waals surface area (Å²) in [7, 11) is 0. The number of amides is 1. The molecule has 0 spiro atoms. The molecule has 1 heterocycles. The fourth-order valence-electron chi connectivity index (χ4n) is 1.66. The number of hydrogen-bond donors (Lipinski definition) is 2. The maximum Gasteiger partial charge on any atom is 0.257 e. The fourth-order valence-corrected chi connectivity index (χ4v) is 2.10. The van der Waals surface area contributed by atoms with Gasteiger partial charge in [0.2, 0.25) is 0 Å². The highest BCUT2D eigenvalue weighted by atomic mass is 79.9. The summed E-state index contributed by atoms with van der Waals surface area (Å²) in [5, 5.41) is 5.82. The Morgan fingerprint density at radius 1 is 1.43 bits per heavy atom. The van der Waals surface area contributed by atoms with Gasteiger partial charge in [-0.05, 0) is 47.1 Å². The lowest BCUT2D eigenvalue weighted by atomic mass is 10.2. The van der Waals surface area contributed by atoms with E-state index in [0.717, 1.165) is 0 Å². The SMILES string of the molecule is CCNc1cc(C(=O)Nc2ccc(Br)c(F)c2)c(Cl)cn1. The molecule has 0 saturated heterocycles. The number of hydrogen-bond acceptors (Lipinski definition) is 3. The number of carbonyl (C=O) groups is 1. The Morgan fingerprint density at radius 3 is 2.86 bits per heavy atom. The van der Waals surface area contributed by atoms with Gasteiger partial charge in [-0.25, -0.2) is 9.37 Å². The highest BCUT2D eigenvalue weighted by molar-refractivity contribution is 9.10. The average Bonchev–Trinajstić information content (AvgIpc) is 2.45. The van der Waals surface area contributed by atoms with Crippen molar-refractivity contribution in [3.63, 3.8) is 0 Å². The number of carbonyl (C=O) groups excluding carboxylic acids is 1. The van der Waals surface area contributed by atoms with Gasteiger partial charge in [0.1, 0.15) is 11.6 Å². The van der Waals surface area contributed by atoms with Crippen LogP contribution in [0.15, 0.2) is 34.9 Å². The Bertz CT molecular complexity index is 681. The number of nitrogens with zero attached hydrogens (tertiary/aromatic N) is 1. The first kappa shape index (κ1) is 15.7. The van der Waals surface area contributed by atoms with Crippen LogP contribution in [0.1, 0.15) is 17.3 Å². The van der Waals surface area contributed by atoms with Crippen LogP contribution in [-0.2, 0) is 0 Å². The summed E-state index contributed by atoms with van der Waals surface area (Å²) in [5.74, 6) is -0.334. The number of benzene rings is 1. The van der Waals surface area contributed by atoms with Crippen molar-refractivity contribution < 1.29 is 9.18 Å². The molecule has 4 nitrogen and oxygen atoms in total. The van der Waals surface area contributed by atoms with E-state index >= 15 is 0 Å². The number of aromatic nitrogens is 1. The molecule has 0 saturated carbocycles. The van der Waals surface area contributed by atoms with E-state index < -0.39 is 11.7 Å². The van der Waals surface area contributed by atoms with Crippen LogP contribution in [0.3, 0.4) is 0 Å². The second-order valence-corrected chi connectivity index (χ2v) is 5.42. The van der Waals surface area contributed by atoms with Crippen LogP contribution in [0.5, 0.6) is 0 Å². The molecule has 110 valence electrons. The molecule has 21 heavy (non-hydrogen) atoms. The van der Waals surface area contributed by atoms with Crippen LogP contribution in [0.2, 0.25) is 5.02 Å². The minimum Gasteiger partial charge on any atom is -0.370 e. The summed E-state index contributed by atoms with van der Waals surface area (Å²) in [6.07, 6.45) is 1.40. The molecule has 0 unspecified atom stereocenters. The molecule has 0 aliphatic rings. The number of halogens is 3. The summed E-state index contributed by atoms with van der Waals surface area (Å²) in [6, 6.07) is 5.88. The van der Waals surface area contributed by atoms with E-state index in [0.29, 0.717) is 22.5 Å². The Hall–Kier alpha value is -1.66. The minimum atomic E-state index is -0.457. The predicted molar refractivity (Wildman–Crippen MR) is 85.5 cm³/mol. The third-order valence-corrected chi connectivity index (χ3v) is 3.58. The van der Waals surface area contributed by atoms with Crippen LogP contribution < -0.4 is 10.6 Å². The Kier molecular flexibility index (Phi) is 5.14. The summed E-state index contributed by atoms with van der Waals surface area (Å²) >= 11 is 9.03. The van der Waals surface area contributed by atoms with Crippen molar-refractivity contribution in [1.29, 1.82) is 0 Å². The third kappa shape index (κ3) is 3.92. The Balaban J connectivity index is 2.23. The minimum absolute atomic E-state index is 0.228. The van der Waals surface area contributed by atoms with E-state index in [1.807, 2.05) is 6.92 Å². The topological polar surface area (TPSA) is 54.0 Å². The zero-order valence-electron chi connectivity index (χ0n) is 11.1. The van der Waals surface area contributed by atoms with Crippen molar-refractivity contribution in [2.45, 2.75) is 6.92 Å². The van der Waals surface area contributed by atoms with Gasteiger partial charge in [-0.15, -0.1) is 0 Å². The zero-order chi connectivity index (χ0) is 15.4. The van der Waals surface area contributed by atoms with Gasteiger partial charge in [-0.2, -0.15) is 0 Å². The lowest BCUT2D eigenvalue weighted by molar-refractivity contribution is 0.102. The molecule has 0 radical (unpaired) electrons. The monoisotopic (exact) mass is 371 g/mol.